The largest absolute Gasteiger partial charge is 0.444 e. The molecule has 0 spiro atoms. The molecule has 1 heterocycles. The van der Waals surface area contributed by atoms with Crippen LogP contribution in [0.2, 0.25) is 0 Å². The Morgan fingerprint density at radius 1 is 1.04 bits per heavy atom. The van der Waals surface area contributed by atoms with Crippen molar-refractivity contribution in [3.8, 4) is 11.5 Å². The fraction of sp³-hybridized carbons (Fsp3) is 0.273. The highest BCUT2D eigenvalue weighted by Gasteiger charge is 2.06. The fourth-order valence-corrected chi connectivity index (χ4v) is 2.68. The van der Waals surface area contributed by atoms with E-state index >= 15 is 0 Å². The predicted octanol–water partition coefficient (Wildman–Crippen LogP) is 3.95. The maximum Gasteiger partial charge on any atom is 0.226 e. The van der Waals surface area contributed by atoms with Crippen LogP contribution in [-0.4, -0.2) is 24.0 Å². The SMILES string of the molecule is CCNC(=NCc1coc(-c2ccc(C)cc2)n1)NCCc1ccccc1. The molecule has 0 saturated heterocycles. The minimum Gasteiger partial charge on any atom is -0.444 e. The van der Waals surface area contributed by atoms with Crippen LogP contribution in [-0.2, 0) is 13.0 Å². The van der Waals surface area contributed by atoms with E-state index in [4.69, 9.17) is 4.42 Å². The van der Waals surface area contributed by atoms with Crippen LogP contribution in [0.25, 0.3) is 11.5 Å². The number of benzene rings is 2. The van der Waals surface area contributed by atoms with E-state index in [1.807, 2.05) is 18.2 Å². The molecule has 0 saturated carbocycles. The van der Waals surface area contributed by atoms with Gasteiger partial charge in [0, 0.05) is 18.7 Å². The first-order valence-corrected chi connectivity index (χ1v) is 9.32. The van der Waals surface area contributed by atoms with Crippen LogP contribution in [0.5, 0.6) is 0 Å². The summed E-state index contributed by atoms with van der Waals surface area (Å²) in [5.41, 5.74) is 4.31. The highest BCUT2D eigenvalue weighted by Crippen LogP contribution is 2.19. The molecule has 0 unspecified atom stereocenters. The number of aliphatic imine (C=N–C) groups is 1. The second kappa shape index (κ2) is 9.57. The first-order chi connectivity index (χ1) is 13.2. The number of aryl methyl sites for hydroxylation is 1. The zero-order valence-electron chi connectivity index (χ0n) is 15.9. The first-order valence-electron chi connectivity index (χ1n) is 9.32. The van der Waals surface area contributed by atoms with Crippen LogP contribution in [0, 0.1) is 6.92 Å². The van der Waals surface area contributed by atoms with Gasteiger partial charge >= 0.3 is 0 Å². The molecule has 0 aliphatic heterocycles. The molecular weight excluding hydrogens is 336 g/mol. The molecule has 3 rings (SSSR count). The highest BCUT2D eigenvalue weighted by molar-refractivity contribution is 5.79. The number of hydrogen-bond acceptors (Lipinski definition) is 3. The van der Waals surface area contributed by atoms with Crippen LogP contribution in [0.1, 0.15) is 23.7 Å². The lowest BCUT2D eigenvalue weighted by molar-refractivity contribution is 0.572. The minimum atomic E-state index is 0.468. The molecule has 1 aromatic heterocycles. The third-order valence-electron chi connectivity index (χ3n) is 4.14. The van der Waals surface area contributed by atoms with Gasteiger partial charge in [0.2, 0.25) is 5.89 Å². The molecular formula is C22H26N4O. The second-order valence-corrected chi connectivity index (χ2v) is 6.37. The lowest BCUT2D eigenvalue weighted by Gasteiger charge is -2.10. The van der Waals surface area contributed by atoms with Gasteiger partial charge in [-0.1, -0.05) is 48.0 Å². The third kappa shape index (κ3) is 5.71. The molecule has 5 nitrogen and oxygen atoms in total. The Balaban J connectivity index is 1.57. The van der Waals surface area contributed by atoms with E-state index in [2.05, 4.69) is 70.9 Å². The number of rotatable bonds is 7. The maximum atomic E-state index is 5.60. The van der Waals surface area contributed by atoms with E-state index in [1.54, 1.807) is 6.26 Å². The van der Waals surface area contributed by atoms with Gasteiger partial charge in [0.1, 0.15) is 12.0 Å². The third-order valence-corrected chi connectivity index (χ3v) is 4.14. The molecule has 2 N–H and O–H groups in total. The average molecular weight is 362 g/mol. The van der Waals surface area contributed by atoms with Gasteiger partial charge in [0.25, 0.3) is 0 Å². The molecule has 0 bridgehead atoms. The summed E-state index contributed by atoms with van der Waals surface area (Å²) in [6.07, 6.45) is 2.62. The van der Waals surface area contributed by atoms with Crippen LogP contribution < -0.4 is 10.6 Å². The number of guanidine groups is 1. The zero-order chi connectivity index (χ0) is 18.9. The van der Waals surface area contributed by atoms with E-state index < -0.39 is 0 Å². The Morgan fingerprint density at radius 2 is 1.81 bits per heavy atom. The summed E-state index contributed by atoms with van der Waals surface area (Å²) in [4.78, 5) is 9.15. The lowest BCUT2D eigenvalue weighted by atomic mass is 10.1. The lowest BCUT2D eigenvalue weighted by Crippen LogP contribution is -2.38. The summed E-state index contributed by atoms with van der Waals surface area (Å²) >= 11 is 0. The normalized spacial score (nSPS) is 11.4. The molecule has 5 heteroatoms. The van der Waals surface area contributed by atoms with Crippen LogP contribution >= 0.6 is 0 Å². The molecule has 0 fully saturated rings. The number of nitrogens with one attached hydrogen (secondary N) is 2. The van der Waals surface area contributed by atoms with Crippen molar-refractivity contribution in [2.75, 3.05) is 13.1 Å². The Morgan fingerprint density at radius 3 is 2.56 bits per heavy atom. The smallest absolute Gasteiger partial charge is 0.226 e. The van der Waals surface area contributed by atoms with Crippen molar-refractivity contribution < 1.29 is 4.42 Å². The van der Waals surface area contributed by atoms with Gasteiger partial charge in [0.15, 0.2) is 5.96 Å². The van der Waals surface area contributed by atoms with Gasteiger partial charge in [-0.25, -0.2) is 9.98 Å². The second-order valence-electron chi connectivity index (χ2n) is 6.37. The summed E-state index contributed by atoms with van der Waals surface area (Å²) in [5, 5.41) is 6.63. The molecule has 0 atom stereocenters. The number of oxazole rings is 1. The summed E-state index contributed by atoms with van der Waals surface area (Å²) in [6, 6.07) is 18.6. The Bertz CT molecular complexity index is 854. The summed E-state index contributed by atoms with van der Waals surface area (Å²) in [5.74, 6) is 1.41. The summed E-state index contributed by atoms with van der Waals surface area (Å²) in [7, 11) is 0. The van der Waals surface area contributed by atoms with Crippen LogP contribution in [0.3, 0.4) is 0 Å². The molecule has 0 amide bonds. The number of nitrogens with zero attached hydrogens (tertiary/aromatic N) is 2. The Kier molecular flexibility index (Phi) is 6.63. The monoisotopic (exact) mass is 362 g/mol. The van der Waals surface area contributed by atoms with E-state index in [9.17, 15) is 0 Å². The van der Waals surface area contributed by atoms with Crippen molar-refractivity contribution in [1.29, 1.82) is 0 Å². The topological polar surface area (TPSA) is 62.5 Å². The van der Waals surface area contributed by atoms with Crippen molar-refractivity contribution in [2.45, 2.75) is 26.8 Å². The van der Waals surface area contributed by atoms with Gasteiger partial charge in [-0.15, -0.1) is 0 Å². The van der Waals surface area contributed by atoms with E-state index in [0.717, 1.165) is 36.7 Å². The zero-order valence-corrected chi connectivity index (χ0v) is 15.9. The molecule has 140 valence electrons. The number of hydrogen-bond donors (Lipinski definition) is 2. The van der Waals surface area contributed by atoms with Gasteiger partial charge in [-0.05, 0) is 38.0 Å². The van der Waals surface area contributed by atoms with Crippen molar-refractivity contribution in [3.63, 3.8) is 0 Å². The predicted molar refractivity (Wildman–Crippen MR) is 110 cm³/mol. The Hall–Kier alpha value is -3.08. The highest BCUT2D eigenvalue weighted by atomic mass is 16.3. The number of aromatic nitrogens is 1. The molecule has 27 heavy (non-hydrogen) atoms. The summed E-state index contributed by atoms with van der Waals surface area (Å²) in [6.45, 7) is 6.22. The van der Waals surface area contributed by atoms with Crippen molar-refractivity contribution in [3.05, 3.63) is 77.7 Å². The Labute approximate surface area is 160 Å². The fourth-order valence-electron chi connectivity index (χ4n) is 2.68. The van der Waals surface area contributed by atoms with Crippen molar-refractivity contribution in [2.24, 2.45) is 4.99 Å². The van der Waals surface area contributed by atoms with Crippen LogP contribution in [0.15, 0.2) is 70.3 Å². The van der Waals surface area contributed by atoms with Crippen LogP contribution in [0.4, 0.5) is 0 Å². The molecule has 3 aromatic rings. The molecule has 0 aliphatic rings. The van der Waals surface area contributed by atoms with Gasteiger partial charge in [-0.3, -0.25) is 0 Å². The van der Waals surface area contributed by atoms with E-state index in [1.165, 1.54) is 11.1 Å². The van der Waals surface area contributed by atoms with Gasteiger partial charge in [-0.2, -0.15) is 0 Å². The van der Waals surface area contributed by atoms with E-state index in [0.29, 0.717) is 12.4 Å². The molecule has 0 aliphatic carbocycles. The van der Waals surface area contributed by atoms with E-state index in [-0.39, 0.29) is 0 Å². The summed E-state index contributed by atoms with van der Waals surface area (Å²) < 4.78 is 5.60. The van der Waals surface area contributed by atoms with Gasteiger partial charge < -0.3 is 15.1 Å². The van der Waals surface area contributed by atoms with Crippen molar-refractivity contribution in [1.82, 2.24) is 15.6 Å². The standard InChI is InChI=1S/C22H26N4O/c1-3-23-22(24-14-13-18-7-5-4-6-8-18)25-15-20-16-27-21(26-20)19-11-9-17(2)10-12-19/h4-12,16H,3,13-15H2,1-2H3,(H2,23,24,25). The van der Waals surface area contributed by atoms with Crippen molar-refractivity contribution >= 4 is 5.96 Å². The minimum absolute atomic E-state index is 0.468. The quantitative estimate of drug-likeness (QED) is 0.493. The molecule has 2 aromatic carbocycles. The first kappa shape index (κ1) is 18.7. The average Bonchev–Trinajstić information content (AvgIpc) is 3.16. The van der Waals surface area contributed by atoms with Gasteiger partial charge in [0.05, 0.1) is 6.54 Å². The molecule has 0 radical (unpaired) electrons. The maximum absolute atomic E-state index is 5.60.